The zero-order valence-electron chi connectivity index (χ0n) is 13.6. The van der Waals surface area contributed by atoms with E-state index in [1.165, 1.54) is 30.8 Å². The Balaban J connectivity index is 1.38. The topological polar surface area (TPSA) is 130 Å². The van der Waals surface area contributed by atoms with Gasteiger partial charge in [0.1, 0.15) is 30.2 Å². The van der Waals surface area contributed by atoms with Crippen molar-refractivity contribution in [3.63, 3.8) is 0 Å². The monoisotopic (exact) mass is 350 g/mol. The van der Waals surface area contributed by atoms with E-state index >= 15 is 0 Å². The molecule has 0 bridgehead atoms. The first kappa shape index (κ1) is 15.9. The molecule has 1 saturated carbocycles. The molecule has 130 valence electrons. The molecule has 3 aromatic rings. The van der Waals surface area contributed by atoms with Gasteiger partial charge in [-0.1, -0.05) is 6.07 Å². The maximum absolute atomic E-state index is 11.9. The maximum Gasteiger partial charge on any atom is 0.413 e. The summed E-state index contributed by atoms with van der Waals surface area (Å²) in [6, 6.07) is 5.40. The molecule has 0 radical (unpaired) electrons. The van der Waals surface area contributed by atoms with E-state index in [4.69, 9.17) is 10.3 Å². The van der Waals surface area contributed by atoms with E-state index < -0.39 is 6.09 Å². The number of imidazole rings is 1. The fraction of sp³-hybridized carbons (Fsp3) is 0.250. The van der Waals surface area contributed by atoms with E-state index in [1.807, 2.05) is 16.7 Å². The number of carbonyl (C=O) groups is 1. The first-order chi connectivity index (χ1) is 12.7. The van der Waals surface area contributed by atoms with Crippen LogP contribution in [-0.2, 0) is 11.3 Å². The number of aromatic nitrogens is 4. The first-order valence-electron chi connectivity index (χ1n) is 8.00. The molecule has 0 atom stereocenters. The lowest BCUT2D eigenvalue weighted by molar-refractivity contribution is 0.153. The number of azide groups is 1. The summed E-state index contributed by atoms with van der Waals surface area (Å²) < 4.78 is 7.11. The zero-order valence-corrected chi connectivity index (χ0v) is 13.6. The maximum atomic E-state index is 11.9. The molecule has 1 amide bonds. The summed E-state index contributed by atoms with van der Waals surface area (Å²) in [6.07, 6.45) is 6.88. The third-order valence-electron chi connectivity index (χ3n) is 3.95. The highest BCUT2D eigenvalue weighted by Crippen LogP contribution is 2.39. The van der Waals surface area contributed by atoms with Crippen molar-refractivity contribution in [2.24, 2.45) is 5.11 Å². The summed E-state index contributed by atoms with van der Waals surface area (Å²) in [5.41, 5.74) is 11.1. The summed E-state index contributed by atoms with van der Waals surface area (Å²) >= 11 is 0. The number of hydrogen-bond acceptors (Lipinski definition) is 6. The molecule has 1 N–H and O–H groups in total. The SMILES string of the molecule is [N-]=[N+]=Nc1cc(NC(=O)OCc2cn3cc(C4CC4)ccc3n2)ncn1. The van der Waals surface area contributed by atoms with Gasteiger partial charge >= 0.3 is 6.09 Å². The van der Waals surface area contributed by atoms with Gasteiger partial charge < -0.3 is 9.14 Å². The van der Waals surface area contributed by atoms with Crippen LogP contribution in [-0.4, -0.2) is 25.4 Å². The minimum Gasteiger partial charge on any atom is -0.443 e. The largest absolute Gasteiger partial charge is 0.443 e. The lowest BCUT2D eigenvalue weighted by atomic mass is 10.2. The van der Waals surface area contributed by atoms with E-state index in [1.54, 1.807) is 0 Å². The molecule has 0 saturated heterocycles. The van der Waals surface area contributed by atoms with Crippen molar-refractivity contribution >= 4 is 23.4 Å². The number of rotatable bonds is 5. The molecule has 1 fully saturated rings. The summed E-state index contributed by atoms with van der Waals surface area (Å²) in [5.74, 6) is 0.941. The van der Waals surface area contributed by atoms with Gasteiger partial charge in [0.2, 0.25) is 0 Å². The fourth-order valence-corrected chi connectivity index (χ4v) is 2.59. The Morgan fingerprint density at radius 1 is 1.38 bits per heavy atom. The molecule has 0 aliphatic heterocycles. The molecule has 3 heterocycles. The second-order valence-electron chi connectivity index (χ2n) is 5.89. The van der Waals surface area contributed by atoms with Crippen LogP contribution < -0.4 is 5.32 Å². The molecule has 0 spiro atoms. The van der Waals surface area contributed by atoms with Crippen LogP contribution in [0, 0.1) is 0 Å². The Kier molecular flexibility index (Phi) is 4.08. The van der Waals surface area contributed by atoms with E-state index in [9.17, 15) is 4.79 Å². The Hall–Kier alpha value is -3.65. The Labute approximate surface area is 147 Å². The van der Waals surface area contributed by atoms with Crippen LogP contribution in [0.1, 0.15) is 30.0 Å². The lowest BCUT2D eigenvalue weighted by Gasteiger charge is -2.04. The molecular weight excluding hydrogens is 336 g/mol. The van der Waals surface area contributed by atoms with Gasteiger partial charge in [0.05, 0.1) is 5.69 Å². The van der Waals surface area contributed by atoms with Crippen molar-refractivity contribution in [1.29, 1.82) is 0 Å². The number of ether oxygens (including phenoxy) is 1. The highest BCUT2D eigenvalue weighted by molar-refractivity contribution is 5.83. The minimum absolute atomic E-state index is 0.0283. The molecule has 10 heteroatoms. The summed E-state index contributed by atoms with van der Waals surface area (Å²) in [5, 5.41) is 5.79. The number of nitrogens with one attached hydrogen (secondary N) is 1. The minimum atomic E-state index is -0.689. The van der Waals surface area contributed by atoms with Gasteiger partial charge in [-0.2, -0.15) is 0 Å². The second kappa shape index (κ2) is 6.69. The smallest absolute Gasteiger partial charge is 0.413 e. The van der Waals surface area contributed by atoms with Gasteiger partial charge in [-0.15, -0.1) is 0 Å². The average Bonchev–Trinajstić information content (AvgIpc) is 3.40. The van der Waals surface area contributed by atoms with Crippen LogP contribution in [0.2, 0.25) is 0 Å². The average molecular weight is 350 g/mol. The van der Waals surface area contributed by atoms with E-state index in [0.29, 0.717) is 11.6 Å². The lowest BCUT2D eigenvalue weighted by Crippen LogP contribution is -2.14. The second-order valence-corrected chi connectivity index (χ2v) is 5.89. The van der Waals surface area contributed by atoms with Gasteiger partial charge in [-0.25, -0.2) is 19.7 Å². The van der Waals surface area contributed by atoms with Crippen molar-refractivity contribution in [3.05, 3.63) is 58.6 Å². The third kappa shape index (κ3) is 3.55. The molecule has 1 aliphatic carbocycles. The van der Waals surface area contributed by atoms with Crippen molar-refractivity contribution in [3.8, 4) is 0 Å². The van der Waals surface area contributed by atoms with E-state index in [2.05, 4.69) is 42.6 Å². The predicted octanol–water partition coefficient (Wildman–Crippen LogP) is 3.69. The molecule has 1 aliphatic rings. The molecular formula is C16H14N8O2. The Bertz CT molecular complexity index is 1020. The number of amides is 1. The van der Waals surface area contributed by atoms with Crippen LogP contribution in [0.4, 0.5) is 16.4 Å². The van der Waals surface area contributed by atoms with Crippen molar-refractivity contribution < 1.29 is 9.53 Å². The number of nitrogens with zero attached hydrogens (tertiary/aromatic N) is 7. The molecule has 10 nitrogen and oxygen atoms in total. The summed E-state index contributed by atoms with van der Waals surface area (Å²) in [4.78, 5) is 26.5. The highest BCUT2D eigenvalue weighted by Gasteiger charge is 2.23. The van der Waals surface area contributed by atoms with E-state index in [0.717, 1.165) is 5.65 Å². The van der Waals surface area contributed by atoms with Gasteiger partial charge in [0, 0.05) is 23.4 Å². The molecule has 26 heavy (non-hydrogen) atoms. The van der Waals surface area contributed by atoms with Gasteiger partial charge in [-0.05, 0) is 41.0 Å². The highest BCUT2D eigenvalue weighted by atomic mass is 16.5. The number of anilines is 1. The van der Waals surface area contributed by atoms with Crippen LogP contribution >= 0.6 is 0 Å². The Morgan fingerprint density at radius 2 is 2.27 bits per heavy atom. The quantitative estimate of drug-likeness (QED) is 0.426. The number of carbonyl (C=O) groups excluding carboxylic acids is 1. The van der Waals surface area contributed by atoms with Crippen LogP contribution in [0.5, 0.6) is 0 Å². The molecule has 3 aromatic heterocycles. The van der Waals surface area contributed by atoms with Crippen molar-refractivity contribution in [2.45, 2.75) is 25.4 Å². The van der Waals surface area contributed by atoms with Gasteiger partial charge in [-0.3, -0.25) is 5.32 Å². The normalized spacial score (nSPS) is 13.2. The van der Waals surface area contributed by atoms with Gasteiger partial charge in [0.15, 0.2) is 0 Å². The van der Waals surface area contributed by atoms with Crippen LogP contribution in [0.15, 0.2) is 42.0 Å². The summed E-state index contributed by atoms with van der Waals surface area (Å²) in [6.45, 7) is 0.0283. The predicted molar refractivity (Wildman–Crippen MR) is 91.8 cm³/mol. The molecule has 0 aromatic carbocycles. The van der Waals surface area contributed by atoms with Crippen molar-refractivity contribution in [2.75, 3.05) is 5.32 Å². The van der Waals surface area contributed by atoms with E-state index in [-0.39, 0.29) is 18.2 Å². The van der Waals surface area contributed by atoms with Crippen molar-refractivity contribution in [1.82, 2.24) is 19.4 Å². The number of fused-ring (bicyclic) bond motifs is 1. The van der Waals surface area contributed by atoms with Gasteiger partial charge in [0.25, 0.3) is 0 Å². The number of pyridine rings is 1. The zero-order chi connectivity index (χ0) is 17.9. The molecule has 4 rings (SSSR count). The van der Waals surface area contributed by atoms with Crippen LogP contribution in [0.25, 0.3) is 16.1 Å². The summed E-state index contributed by atoms with van der Waals surface area (Å²) in [7, 11) is 0. The Morgan fingerprint density at radius 3 is 3.08 bits per heavy atom. The first-order valence-corrected chi connectivity index (χ1v) is 8.00. The standard InChI is InChI=1S/C16H14N8O2/c17-23-22-14-5-13(18-9-19-14)21-16(25)26-8-12-7-24-6-11(10-1-2-10)3-4-15(24)20-12/h3-7,9-10H,1-2,8H2,(H,18,19,21,25). The fourth-order valence-electron chi connectivity index (χ4n) is 2.59. The number of hydrogen-bond donors (Lipinski definition) is 1. The molecule has 0 unspecified atom stereocenters. The van der Waals surface area contributed by atoms with Crippen LogP contribution in [0.3, 0.4) is 0 Å². The third-order valence-corrected chi connectivity index (χ3v) is 3.95.